The van der Waals surface area contributed by atoms with Crippen molar-refractivity contribution in [3.05, 3.63) is 29.3 Å². The minimum Gasteiger partial charge on any atom is -0.351 e. The highest BCUT2D eigenvalue weighted by atomic mass is 32.2. The van der Waals surface area contributed by atoms with Crippen LogP contribution in [0.3, 0.4) is 0 Å². The van der Waals surface area contributed by atoms with Gasteiger partial charge in [-0.05, 0) is 50.8 Å². The normalized spacial score (nSPS) is 24.5. The van der Waals surface area contributed by atoms with Gasteiger partial charge in [-0.25, -0.2) is 8.42 Å². The van der Waals surface area contributed by atoms with Crippen molar-refractivity contribution in [3.63, 3.8) is 0 Å². The van der Waals surface area contributed by atoms with E-state index in [1.165, 1.54) is 17.7 Å². The quantitative estimate of drug-likeness (QED) is 0.736. The molecule has 0 bridgehead atoms. The Morgan fingerprint density at radius 2 is 1.77 bits per heavy atom. The van der Waals surface area contributed by atoms with Crippen LogP contribution in [0.2, 0.25) is 0 Å². The number of benzene rings is 1. The highest BCUT2D eigenvalue weighted by molar-refractivity contribution is 7.88. The zero-order chi connectivity index (χ0) is 22.1. The van der Waals surface area contributed by atoms with Crippen LogP contribution in [0.15, 0.2) is 18.2 Å². The second-order valence-corrected chi connectivity index (χ2v) is 11.0. The maximum atomic E-state index is 13.6. The van der Waals surface area contributed by atoms with E-state index in [4.69, 9.17) is 0 Å². The summed E-state index contributed by atoms with van der Waals surface area (Å²) in [7, 11) is -3.62. The van der Waals surface area contributed by atoms with Crippen molar-refractivity contribution >= 4 is 27.5 Å². The topological polar surface area (TPSA) is 86.8 Å². The molecule has 166 valence electrons. The second kappa shape index (κ2) is 8.67. The van der Waals surface area contributed by atoms with Crippen LogP contribution < -0.4 is 10.2 Å². The molecule has 2 aliphatic rings. The largest absolute Gasteiger partial charge is 0.351 e. The molecule has 1 saturated heterocycles. The second-order valence-electron chi connectivity index (χ2n) is 8.99. The lowest BCUT2D eigenvalue weighted by molar-refractivity contribution is -0.133. The van der Waals surface area contributed by atoms with E-state index in [1.807, 2.05) is 32.0 Å². The van der Waals surface area contributed by atoms with Crippen molar-refractivity contribution in [1.29, 1.82) is 0 Å². The van der Waals surface area contributed by atoms with Gasteiger partial charge in [0.2, 0.25) is 21.8 Å². The van der Waals surface area contributed by atoms with E-state index in [9.17, 15) is 18.0 Å². The third-order valence-corrected chi connectivity index (χ3v) is 7.49. The van der Waals surface area contributed by atoms with Crippen molar-refractivity contribution in [2.75, 3.05) is 24.2 Å². The summed E-state index contributed by atoms with van der Waals surface area (Å²) in [6.07, 6.45) is 7.37. The van der Waals surface area contributed by atoms with Gasteiger partial charge in [-0.2, -0.15) is 4.31 Å². The average molecular weight is 436 g/mol. The number of carbonyl (C=O) groups excluding carboxylic acids is 2. The molecule has 8 heteroatoms. The Labute approximate surface area is 179 Å². The summed E-state index contributed by atoms with van der Waals surface area (Å²) in [4.78, 5) is 28.3. The van der Waals surface area contributed by atoms with Crippen LogP contribution in [-0.4, -0.2) is 55.5 Å². The molecule has 1 N–H and O–H groups in total. The number of sulfonamides is 1. The van der Waals surface area contributed by atoms with Crippen molar-refractivity contribution in [1.82, 2.24) is 9.62 Å². The van der Waals surface area contributed by atoms with Crippen LogP contribution in [0.5, 0.6) is 0 Å². The van der Waals surface area contributed by atoms with E-state index in [0.29, 0.717) is 5.69 Å². The molecule has 2 amide bonds. The van der Waals surface area contributed by atoms with E-state index >= 15 is 0 Å². The van der Waals surface area contributed by atoms with Crippen LogP contribution in [-0.2, 0) is 19.6 Å². The van der Waals surface area contributed by atoms with Gasteiger partial charge in [0.15, 0.2) is 0 Å². The molecule has 0 radical (unpaired) electrons. The molecule has 1 aromatic rings. The number of nitrogens with one attached hydrogen (secondary N) is 1. The van der Waals surface area contributed by atoms with Gasteiger partial charge in [-0.15, -0.1) is 0 Å². The third-order valence-electron chi connectivity index (χ3n) is 6.29. The van der Waals surface area contributed by atoms with Gasteiger partial charge in [-0.1, -0.05) is 37.8 Å². The minimum atomic E-state index is -3.62. The number of rotatable bonds is 4. The van der Waals surface area contributed by atoms with E-state index in [0.717, 1.165) is 47.4 Å². The molecule has 1 aromatic carbocycles. The Morgan fingerprint density at radius 3 is 2.37 bits per heavy atom. The molecule has 1 aliphatic heterocycles. The summed E-state index contributed by atoms with van der Waals surface area (Å²) in [6, 6.07) is 5.82. The number of amides is 2. The van der Waals surface area contributed by atoms with Crippen LogP contribution in [0.25, 0.3) is 0 Å². The first-order valence-corrected chi connectivity index (χ1v) is 12.5. The fraction of sp³-hybridized carbons (Fsp3) is 0.636. The minimum absolute atomic E-state index is 0.0565. The molecule has 1 saturated carbocycles. The van der Waals surface area contributed by atoms with Gasteiger partial charge in [0, 0.05) is 18.3 Å². The fourth-order valence-electron chi connectivity index (χ4n) is 4.50. The van der Waals surface area contributed by atoms with E-state index in [2.05, 4.69) is 5.32 Å². The standard InChI is InChI=1S/C22H33N3O4S/c1-16-11-12-17(2)19(13-16)25-20(26)14-24(30(4,28)29)15-22(25,3)21(27)23-18-9-7-5-6-8-10-18/h11-13,18H,5-10,14-15H2,1-4H3,(H,23,27)/t22-/m0/s1. The molecule has 1 aliphatic carbocycles. The Morgan fingerprint density at radius 1 is 1.13 bits per heavy atom. The Balaban J connectivity index is 2.01. The first-order chi connectivity index (χ1) is 14.0. The summed E-state index contributed by atoms with van der Waals surface area (Å²) >= 11 is 0. The van der Waals surface area contributed by atoms with E-state index in [-0.39, 0.29) is 30.9 Å². The summed E-state index contributed by atoms with van der Waals surface area (Å²) in [5.41, 5.74) is 1.17. The fourth-order valence-corrected chi connectivity index (χ4v) is 5.33. The third kappa shape index (κ3) is 4.70. The highest BCUT2D eigenvalue weighted by Crippen LogP contribution is 2.33. The summed E-state index contributed by atoms with van der Waals surface area (Å²) in [6.45, 7) is 5.18. The van der Waals surface area contributed by atoms with Crippen molar-refractivity contribution < 1.29 is 18.0 Å². The van der Waals surface area contributed by atoms with Crippen LogP contribution >= 0.6 is 0 Å². The molecule has 7 nitrogen and oxygen atoms in total. The van der Waals surface area contributed by atoms with Gasteiger partial charge >= 0.3 is 0 Å². The van der Waals surface area contributed by atoms with Gasteiger partial charge in [0.1, 0.15) is 5.54 Å². The number of hydrogen-bond donors (Lipinski definition) is 1. The molecule has 3 rings (SSSR count). The zero-order valence-corrected chi connectivity index (χ0v) is 19.2. The molecular formula is C22H33N3O4S. The predicted molar refractivity (Wildman–Crippen MR) is 118 cm³/mol. The number of carbonyl (C=O) groups is 2. The first-order valence-electron chi connectivity index (χ1n) is 10.7. The SMILES string of the molecule is Cc1ccc(C)c(N2C(=O)CN(S(C)(=O)=O)C[C@@]2(C)C(=O)NC2CCCCCC2)c1. The lowest BCUT2D eigenvalue weighted by Gasteiger charge is -2.47. The highest BCUT2D eigenvalue weighted by Gasteiger charge is 2.50. The number of hydrogen-bond acceptors (Lipinski definition) is 4. The Hall–Kier alpha value is -1.93. The molecular weight excluding hydrogens is 402 g/mol. The van der Waals surface area contributed by atoms with Gasteiger partial charge in [-0.3, -0.25) is 14.5 Å². The molecule has 2 fully saturated rings. The molecule has 30 heavy (non-hydrogen) atoms. The van der Waals surface area contributed by atoms with Crippen molar-refractivity contribution in [2.24, 2.45) is 0 Å². The number of piperazine rings is 1. The number of anilines is 1. The number of aryl methyl sites for hydroxylation is 2. The van der Waals surface area contributed by atoms with Crippen molar-refractivity contribution in [3.8, 4) is 0 Å². The van der Waals surface area contributed by atoms with Gasteiger partial charge < -0.3 is 5.32 Å². The Bertz CT molecular complexity index is 922. The monoisotopic (exact) mass is 435 g/mol. The van der Waals surface area contributed by atoms with Crippen LogP contribution in [0.4, 0.5) is 5.69 Å². The summed E-state index contributed by atoms with van der Waals surface area (Å²) in [5.74, 6) is -0.684. The smallest absolute Gasteiger partial charge is 0.247 e. The molecule has 1 heterocycles. The average Bonchev–Trinajstić information content (AvgIpc) is 2.92. The van der Waals surface area contributed by atoms with Gasteiger partial charge in [0.05, 0.1) is 12.8 Å². The molecule has 0 aromatic heterocycles. The molecule has 1 atom stereocenters. The maximum absolute atomic E-state index is 13.6. The van der Waals surface area contributed by atoms with E-state index < -0.39 is 15.6 Å². The molecule has 0 spiro atoms. The maximum Gasteiger partial charge on any atom is 0.247 e. The van der Waals surface area contributed by atoms with Crippen LogP contribution in [0, 0.1) is 13.8 Å². The first kappa shape index (κ1) is 22.7. The van der Waals surface area contributed by atoms with Crippen LogP contribution in [0.1, 0.15) is 56.6 Å². The lowest BCUT2D eigenvalue weighted by atomic mass is 9.92. The zero-order valence-electron chi connectivity index (χ0n) is 18.4. The van der Waals surface area contributed by atoms with E-state index in [1.54, 1.807) is 6.92 Å². The van der Waals surface area contributed by atoms with Crippen molar-refractivity contribution in [2.45, 2.75) is 70.9 Å². The summed E-state index contributed by atoms with van der Waals surface area (Å²) < 4.78 is 25.6. The molecule has 0 unspecified atom stereocenters. The summed E-state index contributed by atoms with van der Waals surface area (Å²) in [5, 5.41) is 3.14. The Kier molecular flexibility index (Phi) is 6.57. The van der Waals surface area contributed by atoms with Gasteiger partial charge in [0.25, 0.3) is 0 Å². The predicted octanol–water partition coefficient (Wildman–Crippen LogP) is 2.51. The lowest BCUT2D eigenvalue weighted by Crippen LogP contribution is -2.70. The number of nitrogens with zero attached hydrogens (tertiary/aromatic N) is 2.